The second-order valence-corrected chi connectivity index (χ2v) is 6.21. The molecule has 0 atom stereocenters. The lowest BCUT2D eigenvalue weighted by molar-refractivity contribution is -0.122. The first-order valence-corrected chi connectivity index (χ1v) is 7.99. The molecule has 1 aliphatic heterocycles. The van der Waals surface area contributed by atoms with Crippen LogP contribution in [0.15, 0.2) is 48.0 Å². The number of anilines is 1. The molecule has 0 saturated carbocycles. The highest BCUT2D eigenvalue weighted by Crippen LogP contribution is 2.26. The van der Waals surface area contributed by atoms with Crippen molar-refractivity contribution in [3.8, 4) is 0 Å². The minimum atomic E-state index is -0.795. The van der Waals surface area contributed by atoms with Crippen LogP contribution in [0.4, 0.5) is 10.5 Å². The van der Waals surface area contributed by atoms with Crippen LogP contribution in [0.25, 0.3) is 6.08 Å². The summed E-state index contributed by atoms with van der Waals surface area (Å²) in [6.07, 6.45) is 1.46. The van der Waals surface area contributed by atoms with Crippen LogP contribution in [0.1, 0.15) is 16.7 Å². The van der Waals surface area contributed by atoms with Crippen molar-refractivity contribution in [2.45, 2.75) is 13.8 Å². The molecule has 4 amide bonds. The van der Waals surface area contributed by atoms with Crippen LogP contribution in [0.2, 0.25) is 5.02 Å². The molecule has 0 aliphatic carbocycles. The van der Waals surface area contributed by atoms with E-state index in [2.05, 4.69) is 5.32 Å². The Morgan fingerprint density at radius 3 is 2.32 bits per heavy atom. The summed E-state index contributed by atoms with van der Waals surface area (Å²) in [5, 5.41) is 2.62. The Morgan fingerprint density at radius 1 is 1.00 bits per heavy atom. The van der Waals surface area contributed by atoms with Gasteiger partial charge in [0, 0.05) is 5.02 Å². The molecule has 1 aliphatic rings. The van der Waals surface area contributed by atoms with Crippen LogP contribution >= 0.6 is 11.6 Å². The lowest BCUT2D eigenvalue weighted by Crippen LogP contribution is -2.54. The van der Waals surface area contributed by atoms with Gasteiger partial charge in [0.15, 0.2) is 0 Å². The molecule has 0 bridgehead atoms. The number of hydrogen-bond donors (Lipinski definition) is 1. The number of nitrogens with zero attached hydrogens (tertiary/aromatic N) is 1. The molecule has 0 aromatic heterocycles. The second kappa shape index (κ2) is 6.53. The number of carbonyl (C=O) groups excluding carboxylic acids is 3. The van der Waals surface area contributed by atoms with Crippen molar-refractivity contribution in [3.63, 3.8) is 0 Å². The highest BCUT2D eigenvalue weighted by molar-refractivity contribution is 6.39. The lowest BCUT2D eigenvalue weighted by Gasteiger charge is -2.26. The Morgan fingerprint density at radius 2 is 1.68 bits per heavy atom. The van der Waals surface area contributed by atoms with E-state index in [0.29, 0.717) is 16.3 Å². The van der Waals surface area contributed by atoms with Gasteiger partial charge in [-0.3, -0.25) is 14.9 Å². The van der Waals surface area contributed by atoms with Gasteiger partial charge in [-0.1, -0.05) is 47.5 Å². The van der Waals surface area contributed by atoms with Crippen LogP contribution in [0.5, 0.6) is 0 Å². The van der Waals surface area contributed by atoms with Gasteiger partial charge in [-0.25, -0.2) is 9.69 Å². The van der Waals surface area contributed by atoms with Gasteiger partial charge >= 0.3 is 6.03 Å². The van der Waals surface area contributed by atoms with Crippen LogP contribution in [0.3, 0.4) is 0 Å². The third kappa shape index (κ3) is 3.32. The Labute approximate surface area is 149 Å². The number of imide groups is 2. The Kier molecular flexibility index (Phi) is 4.42. The molecule has 25 heavy (non-hydrogen) atoms. The number of urea groups is 1. The van der Waals surface area contributed by atoms with Crippen LogP contribution < -0.4 is 10.2 Å². The third-order valence-corrected chi connectivity index (χ3v) is 4.31. The molecule has 1 heterocycles. The van der Waals surface area contributed by atoms with Crippen LogP contribution in [0, 0.1) is 13.8 Å². The molecule has 126 valence electrons. The Balaban J connectivity index is 2.02. The molecule has 0 radical (unpaired) electrons. The fourth-order valence-corrected chi connectivity index (χ4v) is 2.62. The van der Waals surface area contributed by atoms with E-state index in [0.717, 1.165) is 16.0 Å². The third-order valence-electron chi connectivity index (χ3n) is 3.90. The van der Waals surface area contributed by atoms with Gasteiger partial charge < -0.3 is 0 Å². The van der Waals surface area contributed by atoms with Gasteiger partial charge in [-0.05, 0) is 43.2 Å². The van der Waals surface area contributed by atoms with Gasteiger partial charge in [0.2, 0.25) is 0 Å². The van der Waals surface area contributed by atoms with Crippen LogP contribution in [-0.4, -0.2) is 17.8 Å². The van der Waals surface area contributed by atoms with Crippen molar-refractivity contribution < 1.29 is 14.4 Å². The molecule has 6 heteroatoms. The molecule has 2 aromatic rings. The van der Waals surface area contributed by atoms with E-state index in [1.54, 1.807) is 24.3 Å². The number of halogens is 1. The highest BCUT2D eigenvalue weighted by Gasteiger charge is 2.36. The SMILES string of the molecule is Cc1ccc(/C=C2\C(=O)NC(=O)N(c3ccc(C)c(Cl)c3)C2=O)cc1. The topological polar surface area (TPSA) is 66.5 Å². The first kappa shape index (κ1) is 16.9. The number of amides is 4. The summed E-state index contributed by atoms with van der Waals surface area (Å²) in [7, 11) is 0. The fourth-order valence-electron chi connectivity index (χ4n) is 2.44. The number of nitrogens with one attached hydrogen (secondary N) is 1. The van der Waals surface area contributed by atoms with E-state index in [-0.39, 0.29) is 5.57 Å². The highest BCUT2D eigenvalue weighted by atomic mass is 35.5. The standard InChI is InChI=1S/C19H15ClN2O3/c1-11-3-6-13(7-4-11)9-15-17(23)21-19(25)22(18(15)24)14-8-5-12(2)16(20)10-14/h3-10H,1-2H3,(H,21,23,25)/b15-9+. The quantitative estimate of drug-likeness (QED) is 0.661. The second-order valence-electron chi connectivity index (χ2n) is 5.80. The summed E-state index contributed by atoms with van der Waals surface area (Å²) < 4.78 is 0. The summed E-state index contributed by atoms with van der Waals surface area (Å²) >= 11 is 6.09. The molecule has 0 spiro atoms. The van der Waals surface area contributed by atoms with Crippen molar-refractivity contribution >= 4 is 41.2 Å². The zero-order valence-electron chi connectivity index (χ0n) is 13.7. The molecule has 2 aromatic carbocycles. The zero-order chi connectivity index (χ0) is 18.1. The zero-order valence-corrected chi connectivity index (χ0v) is 14.4. The maximum Gasteiger partial charge on any atom is 0.335 e. The number of aryl methyl sites for hydroxylation is 2. The van der Waals surface area contributed by atoms with Gasteiger partial charge in [0.1, 0.15) is 5.57 Å². The fraction of sp³-hybridized carbons (Fsp3) is 0.105. The summed E-state index contributed by atoms with van der Waals surface area (Å²) in [4.78, 5) is 37.9. The minimum Gasteiger partial charge on any atom is -0.273 e. The summed E-state index contributed by atoms with van der Waals surface area (Å²) in [6, 6.07) is 11.4. The van der Waals surface area contributed by atoms with Crippen molar-refractivity contribution in [3.05, 3.63) is 69.8 Å². The number of barbiturate groups is 1. The summed E-state index contributed by atoms with van der Waals surface area (Å²) in [5.41, 5.74) is 2.77. The average Bonchev–Trinajstić information content (AvgIpc) is 2.56. The van der Waals surface area contributed by atoms with Crippen molar-refractivity contribution in [2.24, 2.45) is 0 Å². The molecule has 1 N–H and O–H groups in total. The average molecular weight is 355 g/mol. The monoisotopic (exact) mass is 354 g/mol. The smallest absolute Gasteiger partial charge is 0.273 e. The van der Waals surface area contributed by atoms with E-state index in [4.69, 9.17) is 11.6 Å². The lowest BCUT2D eigenvalue weighted by atomic mass is 10.1. The van der Waals surface area contributed by atoms with Gasteiger partial charge in [-0.2, -0.15) is 0 Å². The van der Waals surface area contributed by atoms with E-state index in [9.17, 15) is 14.4 Å². The predicted molar refractivity (Wildman–Crippen MR) is 96.4 cm³/mol. The van der Waals surface area contributed by atoms with E-state index < -0.39 is 17.8 Å². The summed E-state index contributed by atoms with van der Waals surface area (Å²) in [5.74, 6) is -1.40. The first-order valence-electron chi connectivity index (χ1n) is 7.61. The van der Waals surface area contributed by atoms with Gasteiger partial charge in [0.05, 0.1) is 5.69 Å². The molecule has 1 fully saturated rings. The molecule has 5 nitrogen and oxygen atoms in total. The largest absolute Gasteiger partial charge is 0.335 e. The molecular weight excluding hydrogens is 340 g/mol. The molecule has 0 unspecified atom stereocenters. The van der Waals surface area contributed by atoms with Crippen molar-refractivity contribution in [1.82, 2.24) is 5.32 Å². The molecule has 3 rings (SSSR count). The van der Waals surface area contributed by atoms with E-state index in [1.807, 2.05) is 26.0 Å². The maximum absolute atomic E-state index is 12.7. The predicted octanol–water partition coefficient (Wildman–Crippen LogP) is 3.62. The summed E-state index contributed by atoms with van der Waals surface area (Å²) in [6.45, 7) is 3.76. The van der Waals surface area contributed by atoms with E-state index >= 15 is 0 Å². The Hall–Kier alpha value is -2.92. The number of rotatable bonds is 2. The maximum atomic E-state index is 12.7. The number of benzene rings is 2. The minimum absolute atomic E-state index is 0.111. The van der Waals surface area contributed by atoms with Gasteiger partial charge in [-0.15, -0.1) is 0 Å². The first-order chi connectivity index (χ1) is 11.9. The van der Waals surface area contributed by atoms with Crippen molar-refractivity contribution in [2.75, 3.05) is 4.90 Å². The van der Waals surface area contributed by atoms with Crippen LogP contribution in [-0.2, 0) is 9.59 Å². The van der Waals surface area contributed by atoms with E-state index in [1.165, 1.54) is 12.1 Å². The Bertz CT molecular complexity index is 917. The van der Waals surface area contributed by atoms with Crippen molar-refractivity contribution in [1.29, 1.82) is 0 Å². The normalized spacial score (nSPS) is 16.4. The number of carbonyl (C=O) groups is 3. The molecule has 1 saturated heterocycles. The number of hydrogen-bond acceptors (Lipinski definition) is 3. The van der Waals surface area contributed by atoms with Gasteiger partial charge in [0.25, 0.3) is 11.8 Å². The molecular formula is C19H15ClN2O3.